The Balaban J connectivity index is 1.81. The second kappa shape index (κ2) is 9.46. The SMILES string of the molecule is COC(=O)Cc1ccc(S(=O)(=O)n2c(-c3ccccc3)c(-c3ccsc3C#N)c3ccccc32)cc1. The quantitative estimate of drug-likeness (QED) is 0.266. The smallest absolute Gasteiger partial charge is 0.309 e. The van der Waals surface area contributed by atoms with E-state index >= 15 is 0 Å². The number of methoxy groups -OCH3 is 1. The number of esters is 1. The first kappa shape index (κ1) is 23.5. The molecular weight excluding hydrogens is 492 g/mol. The fraction of sp³-hybridized carbons (Fsp3) is 0.0714. The fourth-order valence-electron chi connectivity index (χ4n) is 4.31. The van der Waals surface area contributed by atoms with Gasteiger partial charge in [-0.2, -0.15) is 5.26 Å². The van der Waals surface area contributed by atoms with Crippen molar-refractivity contribution in [1.29, 1.82) is 5.26 Å². The van der Waals surface area contributed by atoms with Gasteiger partial charge in [0.25, 0.3) is 10.0 Å². The van der Waals surface area contributed by atoms with Crippen molar-refractivity contribution in [3.8, 4) is 28.5 Å². The largest absolute Gasteiger partial charge is 0.469 e. The third-order valence-corrected chi connectivity index (χ3v) is 8.50. The molecule has 0 unspecified atom stereocenters. The normalized spacial score (nSPS) is 11.3. The first-order chi connectivity index (χ1) is 17.5. The van der Waals surface area contributed by atoms with E-state index in [2.05, 4.69) is 6.07 Å². The van der Waals surface area contributed by atoms with Crippen LogP contribution >= 0.6 is 11.3 Å². The summed E-state index contributed by atoms with van der Waals surface area (Å²) in [6.45, 7) is 0. The molecule has 0 amide bonds. The van der Waals surface area contributed by atoms with Crippen molar-refractivity contribution in [3.63, 3.8) is 0 Å². The lowest BCUT2D eigenvalue weighted by Gasteiger charge is -2.14. The first-order valence-electron chi connectivity index (χ1n) is 11.0. The molecule has 36 heavy (non-hydrogen) atoms. The molecule has 0 aliphatic carbocycles. The lowest BCUT2D eigenvalue weighted by Crippen LogP contribution is -2.14. The van der Waals surface area contributed by atoms with Crippen LogP contribution in [-0.2, 0) is 26.0 Å². The molecule has 0 atom stereocenters. The van der Waals surface area contributed by atoms with Gasteiger partial charge in [0.1, 0.15) is 10.9 Å². The zero-order valence-electron chi connectivity index (χ0n) is 19.2. The summed E-state index contributed by atoms with van der Waals surface area (Å²) < 4.78 is 34.4. The Kier molecular flexibility index (Phi) is 6.18. The van der Waals surface area contributed by atoms with Gasteiger partial charge in [-0.25, -0.2) is 12.4 Å². The third-order valence-electron chi connectivity index (χ3n) is 5.95. The van der Waals surface area contributed by atoms with Gasteiger partial charge in [0.15, 0.2) is 0 Å². The molecule has 0 aliphatic heterocycles. The minimum absolute atomic E-state index is 0.0534. The van der Waals surface area contributed by atoms with Crippen LogP contribution in [0, 0.1) is 11.3 Å². The number of nitrogens with zero attached hydrogens (tertiary/aromatic N) is 2. The molecule has 5 rings (SSSR count). The number of carbonyl (C=O) groups is 1. The van der Waals surface area contributed by atoms with Crippen LogP contribution in [0.25, 0.3) is 33.3 Å². The number of hydrogen-bond acceptors (Lipinski definition) is 6. The highest BCUT2D eigenvalue weighted by Gasteiger charge is 2.29. The second-order valence-electron chi connectivity index (χ2n) is 8.05. The van der Waals surface area contributed by atoms with E-state index < -0.39 is 16.0 Å². The number of fused-ring (bicyclic) bond motifs is 1. The molecule has 0 spiro atoms. The van der Waals surface area contributed by atoms with Crippen molar-refractivity contribution < 1.29 is 17.9 Å². The van der Waals surface area contributed by atoms with E-state index in [1.54, 1.807) is 24.3 Å². The Bertz CT molecular complexity index is 1730. The highest BCUT2D eigenvalue weighted by atomic mass is 32.2. The summed E-state index contributed by atoms with van der Waals surface area (Å²) in [5, 5.41) is 12.3. The van der Waals surface area contributed by atoms with E-state index in [0.29, 0.717) is 38.3 Å². The monoisotopic (exact) mass is 512 g/mol. The number of nitriles is 1. The van der Waals surface area contributed by atoms with Gasteiger partial charge < -0.3 is 4.74 Å². The lowest BCUT2D eigenvalue weighted by atomic mass is 9.99. The molecule has 2 heterocycles. The number of thiophene rings is 1. The van der Waals surface area contributed by atoms with E-state index in [4.69, 9.17) is 4.74 Å². The van der Waals surface area contributed by atoms with Gasteiger partial charge in [-0.15, -0.1) is 11.3 Å². The maximum Gasteiger partial charge on any atom is 0.309 e. The molecule has 8 heteroatoms. The molecule has 0 saturated heterocycles. The number of ether oxygens (including phenoxy) is 1. The van der Waals surface area contributed by atoms with E-state index in [-0.39, 0.29) is 11.3 Å². The molecule has 178 valence electrons. The Morgan fingerprint density at radius 3 is 2.36 bits per heavy atom. The van der Waals surface area contributed by atoms with Crippen molar-refractivity contribution in [1.82, 2.24) is 3.97 Å². The van der Waals surface area contributed by atoms with Gasteiger partial charge in [-0.05, 0) is 40.8 Å². The summed E-state index contributed by atoms with van der Waals surface area (Å²) in [6.07, 6.45) is 0.0534. The van der Waals surface area contributed by atoms with Crippen molar-refractivity contribution in [2.75, 3.05) is 7.11 Å². The molecule has 2 aromatic heterocycles. The van der Waals surface area contributed by atoms with Crippen LogP contribution in [0.2, 0.25) is 0 Å². The van der Waals surface area contributed by atoms with Gasteiger partial charge in [-0.1, -0.05) is 60.7 Å². The van der Waals surface area contributed by atoms with E-state index in [1.165, 1.54) is 34.6 Å². The molecule has 6 nitrogen and oxygen atoms in total. The minimum Gasteiger partial charge on any atom is -0.469 e. The van der Waals surface area contributed by atoms with Crippen molar-refractivity contribution in [3.05, 3.63) is 101 Å². The molecule has 5 aromatic rings. The highest BCUT2D eigenvalue weighted by molar-refractivity contribution is 7.90. The van der Waals surface area contributed by atoms with Crippen LogP contribution in [0.1, 0.15) is 10.4 Å². The van der Waals surface area contributed by atoms with E-state index in [0.717, 1.165) is 5.39 Å². The van der Waals surface area contributed by atoms with Gasteiger partial charge in [-0.3, -0.25) is 4.79 Å². The molecule has 0 radical (unpaired) electrons. The first-order valence-corrected chi connectivity index (χ1v) is 13.4. The number of aromatic nitrogens is 1. The van der Waals surface area contributed by atoms with Crippen LogP contribution in [-0.4, -0.2) is 25.5 Å². The lowest BCUT2D eigenvalue weighted by molar-refractivity contribution is -0.139. The predicted molar refractivity (Wildman–Crippen MR) is 140 cm³/mol. The average molecular weight is 513 g/mol. The number of hydrogen-bond donors (Lipinski definition) is 0. The topological polar surface area (TPSA) is 89.2 Å². The van der Waals surface area contributed by atoms with Crippen molar-refractivity contribution in [2.24, 2.45) is 0 Å². The zero-order valence-corrected chi connectivity index (χ0v) is 20.8. The zero-order chi connectivity index (χ0) is 25.3. The van der Waals surface area contributed by atoms with Crippen LogP contribution in [0.4, 0.5) is 0 Å². The predicted octanol–water partition coefficient (Wildman–Crippen LogP) is 5.86. The number of benzene rings is 3. The summed E-state index contributed by atoms with van der Waals surface area (Å²) in [5.74, 6) is -0.401. The van der Waals surface area contributed by atoms with Crippen LogP contribution in [0.3, 0.4) is 0 Å². The summed E-state index contributed by atoms with van der Waals surface area (Å²) in [4.78, 5) is 12.2. The molecule has 0 N–H and O–H groups in total. The Labute approximate surface area is 212 Å². The third kappa shape index (κ3) is 3.98. The number of rotatable bonds is 6. The Morgan fingerprint density at radius 1 is 0.972 bits per heavy atom. The summed E-state index contributed by atoms with van der Waals surface area (Å²) >= 11 is 1.32. The van der Waals surface area contributed by atoms with Gasteiger partial charge in [0.05, 0.1) is 29.6 Å². The van der Waals surface area contributed by atoms with Gasteiger partial charge in [0, 0.05) is 16.5 Å². The van der Waals surface area contributed by atoms with Crippen LogP contribution in [0.15, 0.2) is 95.2 Å². The van der Waals surface area contributed by atoms with Crippen molar-refractivity contribution in [2.45, 2.75) is 11.3 Å². The maximum absolute atomic E-state index is 14.2. The number of carbonyl (C=O) groups excluding carboxylic acids is 1. The highest BCUT2D eigenvalue weighted by Crippen LogP contribution is 2.44. The molecule has 3 aromatic carbocycles. The maximum atomic E-state index is 14.2. The average Bonchev–Trinajstić information content (AvgIpc) is 3.51. The fourth-order valence-corrected chi connectivity index (χ4v) is 6.54. The van der Waals surface area contributed by atoms with Crippen molar-refractivity contribution >= 4 is 38.2 Å². The summed E-state index contributed by atoms with van der Waals surface area (Å²) in [7, 11) is -2.75. The summed E-state index contributed by atoms with van der Waals surface area (Å²) in [5.41, 5.74) is 3.76. The van der Waals surface area contributed by atoms with E-state index in [9.17, 15) is 18.5 Å². The second-order valence-corrected chi connectivity index (χ2v) is 10.8. The molecule has 0 fully saturated rings. The Morgan fingerprint density at radius 2 is 1.67 bits per heavy atom. The summed E-state index contributed by atoms with van der Waals surface area (Å²) in [6, 6.07) is 26.9. The molecule has 0 aliphatic rings. The van der Waals surface area contributed by atoms with E-state index in [1.807, 2.05) is 53.9 Å². The van der Waals surface area contributed by atoms with Crippen LogP contribution in [0.5, 0.6) is 0 Å². The number of para-hydroxylation sites is 1. The minimum atomic E-state index is -4.06. The standard InChI is InChI=1S/C28H20N2O4S2/c1-34-26(31)17-19-11-13-21(14-12-19)36(32,33)30-24-10-6-5-9-22(24)27(23-15-16-35-25(23)18-29)28(30)20-7-3-2-4-8-20/h2-16H,17H2,1H3. The molecule has 0 bridgehead atoms. The van der Waals surface area contributed by atoms with Gasteiger partial charge >= 0.3 is 5.97 Å². The Hall–Kier alpha value is -4.19. The molecular formula is C28H20N2O4S2. The van der Waals surface area contributed by atoms with Crippen LogP contribution < -0.4 is 0 Å². The van der Waals surface area contributed by atoms with Gasteiger partial charge in [0.2, 0.25) is 0 Å². The molecule has 0 saturated carbocycles.